The molecule has 1 atom stereocenters. The van der Waals surface area contributed by atoms with Crippen molar-refractivity contribution in [2.45, 2.75) is 12.5 Å². The number of anilines is 1. The number of hydrogen-bond acceptors (Lipinski definition) is 5. The van der Waals surface area contributed by atoms with Gasteiger partial charge in [0.25, 0.3) is 0 Å². The molecule has 0 radical (unpaired) electrons. The molecule has 0 saturated carbocycles. The maximum absolute atomic E-state index is 5.60. The molecule has 1 fully saturated rings. The van der Waals surface area contributed by atoms with Crippen molar-refractivity contribution in [3.63, 3.8) is 0 Å². The van der Waals surface area contributed by atoms with E-state index in [0.717, 1.165) is 49.5 Å². The molecule has 1 aromatic heterocycles. The molecule has 1 aromatic carbocycles. The fourth-order valence-corrected chi connectivity index (χ4v) is 2.65. The van der Waals surface area contributed by atoms with Crippen molar-refractivity contribution in [1.29, 1.82) is 0 Å². The van der Waals surface area contributed by atoms with Crippen LogP contribution in [-0.4, -0.2) is 49.5 Å². The van der Waals surface area contributed by atoms with E-state index in [1.54, 1.807) is 13.4 Å². The van der Waals surface area contributed by atoms with Gasteiger partial charge in [-0.25, -0.2) is 9.97 Å². The van der Waals surface area contributed by atoms with E-state index in [2.05, 4.69) is 20.9 Å². The lowest BCUT2D eigenvalue weighted by atomic mass is 10.1. The second kappa shape index (κ2) is 6.15. The fourth-order valence-electron chi connectivity index (χ4n) is 2.65. The maximum Gasteiger partial charge on any atom is 0.140 e. The standard InChI is InChI=1S/C15H19N3O2/c1-19-8-6-12-10-20-9-7-18(12)15-13-4-2-3-5-14(13)16-11-17-15/h2-5,11-12H,6-10H2,1H3/t12-/m0/s1. The molecule has 1 saturated heterocycles. The molecule has 0 unspecified atom stereocenters. The number of methoxy groups -OCH3 is 1. The molecule has 0 N–H and O–H groups in total. The number of ether oxygens (including phenoxy) is 2. The minimum absolute atomic E-state index is 0.307. The van der Waals surface area contributed by atoms with Crippen LogP contribution in [0.1, 0.15) is 6.42 Å². The summed E-state index contributed by atoms with van der Waals surface area (Å²) < 4.78 is 10.8. The Kier molecular flexibility index (Phi) is 4.08. The van der Waals surface area contributed by atoms with Gasteiger partial charge in [-0.05, 0) is 18.6 Å². The minimum atomic E-state index is 0.307. The van der Waals surface area contributed by atoms with Gasteiger partial charge in [-0.2, -0.15) is 0 Å². The number of nitrogens with zero attached hydrogens (tertiary/aromatic N) is 3. The summed E-state index contributed by atoms with van der Waals surface area (Å²) >= 11 is 0. The SMILES string of the molecule is COCC[C@H]1COCCN1c1ncnc2ccccc12. The molecule has 0 spiro atoms. The van der Waals surface area contributed by atoms with E-state index in [4.69, 9.17) is 9.47 Å². The smallest absolute Gasteiger partial charge is 0.140 e. The van der Waals surface area contributed by atoms with Gasteiger partial charge in [0.1, 0.15) is 12.1 Å². The Labute approximate surface area is 118 Å². The lowest BCUT2D eigenvalue weighted by Crippen LogP contribution is -2.46. The van der Waals surface area contributed by atoms with Crippen LogP contribution >= 0.6 is 0 Å². The normalized spacial score (nSPS) is 19.4. The van der Waals surface area contributed by atoms with Gasteiger partial charge in [-0.3, -0.25) is 0 Å². The first-order chi connectivity index (χ1) is 9.90. The van der Waals surface area contributed by atoms with E-state index in [1.807, 2.05) is 18.2 Å². The second-order valence-corrected chi connectivity index (χ2v) is 4.92. The zero-order chi connectivity index (χ0) is 13.8. The van der Waals surface area contributed by atoms with Gasteiger partial charge in [0.15, 0.2) is 0 Å². The molecule has 5 nitrogen and oxygen atoms in total. The molecular formula is C15H19N3O2. The number of benzene rings is 1. The number of fused-ring (bicyclic) bond motifs is 1. The number of morpholine rings is 1. The Balaban J connectivity index is 1.95. The highest BCUT2D eigenvalue weighted by molar-refractivity contribution is 5.89. The first kappa shape index (κ1) is 13.3. The summed E-state index contributed by atoms with van der Waals surface area (Å²) in [7, 11) is 1.73. The van der Waals surface area contributed by atoms with E-state index in [-0.39, 0.29) is 0 Å². The van der Waals surface area contributed by atoms with E-state index in [1.165, 1.54) is 0 Å². The highest BCUT2D eigenvalue weighted by Gasteiger charge is 2.25. The predicted octanol–water partition coefficient (Wildman–Crippen LogP) is 1.87. The van der Waals surface area contributed by atoms with Gasteiger partial charge in [-0.1, -0.05) is 12.1 Å². The second-order valence-electron chi connectivity index (χ2n) is 4.92. The summed E-state index contributed by atoms with van der Waals surface area (Å²) in [5.41, 5.74) is 0.981. The van der Waals surface area contributed by atoms with Crippen LogP contribution in [0.15, 0.2) is 30.6 Å². The third-order valence-corrected chi connectivity index (χ3v) is 3.68. The van der Waals surface area contributed by atoms with E-state index in [9.17, 15) is 0 Å². The number of hydrogen-bond donors (Lipinski definition) is 0. The summed E-state index contributed by atoms with van der Waals surface area (Å²) in [5.74, 6) is 1.00. The Morgan fingerprint density at radius 2 is 2.25 bits per heavy atom. The molecule has 3 rings (SSSR count). The van der Waals surface area contributed by atoms with Gasteiger partial charge in [-0.15, -0.1) is 0 Å². The average Bonchev–Trinajstić information content (AvgIpc) is 2.53. The number of para-hydroxylation sites is 1. The topological polar surface area (TPSA) is 47.5 Å². The summed E-state index contributed by atoms with van der Waals surface area (Å²) in [5, 5.41) is 1.10. The van der Waals surface area contributed by atoms with E-state index in [0.29, 0.717) is 6.04 Å². The Morgan fingerprint density at radius 1 is 1.35 bits per heavy atom. The molecule has 2 heterocycles. The van der Waals surface area contributed by atoms with Gasteiger partial charge >= 0.3 is 0 Å². The molecule has 0 bridgehead atoms. The highest BCUT2D eigenvalue weighted by atomic mass is 16.5. The van der Waals surface area contributed by atoms with Crippen molar-refractivity contribution in [2.24, 2.45) is 0 Å². The number of rotatable bonds is 4. The van der Waals surface area contributed by atoms with E-state index >= 15 is 0 Å². The molecule has 106 valence electrons. The van der Waals surface area contributed by atoms with Crippen LogP contribution < -0.4 is 4.90 Å². The molecule has 20 heavy (non-hydrogen) atoms. The molecule has 2 aromatic rings. The zero-order valence-corrected chi connectivity index (χ0v) is 11.7. The average molecular weight is 273 g/mol. The largest absolute Gasteiger partial charge is 0.385 e. The van der Waals surface area contributed by atoms with Crippen molar-refractivity contribution >= 4 is 16.7 Å². The van der Waals surface area contributed by atoms with Crippen molar-refractivity contribution < 1.29 is 9.47 Å². The van der Waals surface area contributed by atoms with Crippen LogP contribution in [0.4, 0.5) is 5.82 Å². The van der Waals surface area contributed by atoms with Crippen LogP contribution in [0.3, 0.4) is 0 Å². The van der Waals surface area contributed by atoms with Crippen LogP contribution in [0.5, 0.6) is 0 Å². The van der Waals surface area contributed by atoms with Crippen LogP contribution in [0, 0.1) is 0 Å². The van der Waals surface area contributed by atoms with Crippen LogP contribution in [0.2, 0.25) is 0 Å². The Bertz CT molecular complexity index is 571. The Hall–Kier alpha value is -1.72. The van der Waals surface area contributed by atoms with Crippen LogP contribution in [-0.2, 0) is 9.47 Å². The molecule has 0 amide bonds. The summed E-state index contributed by atoms with van der Waals surface area (Å²) in [6.07, 6.45) is 2.58. The van der Waals surface area contributed by atoms with Crippen molar-refractivity contribution in [3.05, 3.63) is 30.6 Å². The molecule has 5 heteroatoms. The van der Waals surface area contributed by atoms with Crippen molar-refractivity contribution in [2.75, 3.05) is 38.4 Å². The van der Waals surface area contributed by atoms with Gasteiger partial charge < -0.3 is 14.4 Å². The fraction of sp³-hybridized carbons (Fsp3) is 0.467. The zero-order valence-electron chi connectivity index (χ0n) is 11.7. The third kappa shape index (κ3) is 2.59. The van der Waals surface area contributed by atoms with Crippen molar-refractivity contribution in [3.8, 4) is 0 Å². The lowest BCUT2D eigenvalue weighted by molar-refractivity contribution is 0.0795. The minimum Gasteiger partial charge on any atom is -0.385 e. The first-order valence-electron chi connectivity index (χ1n) is 6.93. The van der Waals surface area contributed by atoms with E-state index < -0.39 is 0 Å². The first-order valence-corrected chi connectivity index (χ1v) is 6.93. The number of aromatic nitrogens is 2. The maximum atomic E-state index is 5.60. The summed E-state index contributed by atoms with van der Waals surface area (Å²) in [4.78, 5) is 11.2. The molecule has 1 aliphatic heterocycles. The van der Waals surface area contributed by atoms with Crippen molar-refractivity contribution in [1.82, 2.24) is 9.97 Å². The summed E-state index contributed by atoms with van der Waals surface area (Å²) in [6, 6.07) is 8.43. The Morgan fingerprint density at radius 3 is 3.15 bits per heavy atom. The highest BCUT2D eigenvalue weighted by Crippen LogP contribution is 2.26. The predicted molar refractivity (Wildman–Crippen MR) is 78.0 cm³/mol. The van der Waals surface area contributed by atoms with Crippen LogP contribution in [0.25, 0.3) is 10.9 Å². The van der Waals surface area contributed by atoms with Gasteiger partial charge in [0.05, 0.1) is 24.8 Å². The quantitative estimate of drug-likeness (QED) is 0.851. The monoisotopic (exact) mass is 273 g/mol. The summed E-state index contributed by atoms with van der Waals surface area (Å²) in [6.45, 7) is 3.05. The van der Waals surface area contributed by atoms with Gasteiger partial charge in [0, 0.05) is 25.6 Å². The molecule has 1 aliphatic rings. The third-order valence-electron chi connectivity index (χ3n) is 3.68. The molecular weight excluding hydrogens is 254 g/mol. The van der Waals surface area contributed by atoms with Gasteiger partial charge in [0.2, 0.25) is 0 Å². The molecule has 0 aliphatic carbocycles. The lowest BCUT2D eigenvalue weighted by Gasteiger charge is -2.36.